The molecule has 2 heteroatoms. The molecule has 0 amide bonds. The van der Waals surface area contributed by atoms with E-state index in [1.54, 1.807) is 0 Å². The van der Waals surface area contributed by atoms with E-state index in [1.807, 2.05) is 6.07 Å². The molecule has 0 spiro atoms. The first-order valence-corrected chi connectivity index (χ1v) is 6.63. The number of hydrogen-bond acceptors (Lipinski definition) is 1. The third-order valence-corrected chi connectivity index (χ3v) is 2.95. The molecule has 90 valence electrons. The van der Waals surface area contributed by atoms with Crippen molar-refractivity contribution < 1.29 is 0 Å². The minimum absolute atomic E-state index is 0.841. The van der Waals surface area contributed by atoms with Crippen LogP contribution >= 0.6 is 11.6 Å². The second kappa shape index (κ2) is 7.70. The summed E-state index contributed by atoms with van der Waals surface area (Å²) in [5.74, 6) is 0. The first kappa shape index (κ1) is 13.5. The molecule has 0 saturated heterocycles. The van der Waals surface area contributed by atoms with E-state index in [9.17, 15) is 0 Å². The first-order valence-electron chi connectivity index (χ1n) is 6.26. The highest BCUT2D eigenvalue weighted by Gasteiger charge is 2.02. The number of benzene rings is 1. The van der Waals surface area contributed by atoms with Crippen LogP contribution in [0.1, 0.15) is 44.2 Å². The van der Waals surface area contributed by atoms with Gasteiger partial charge >= 0.3 is 0 Å². The molecule has 1 N–H and O–H groups in total. The van der Waals surface area contributed by atoms with Crippen LogP contribution in [0.15, 0.2) is 18.2 Å². The van der Waals surface area contributed by atoms with E-state index >= 15 is 0 Å². The molecule has 0 aliphatic heterocycles. The van der Waals surface area contributed by atoms with Gasteiger partial charge in [0.05, 0.1) is 0 Å². The van der Waals surface area contributed by atoms with Crippen LogP contribution < -0.4 is 5.32 Å². The van der Waals surface area contributed by atoms with Gasteiger partial charge in [0.2, 0.25) is 0 Å². The lowest BCUT2D eigenvalue weighted by Crippen LogP contribution is -2.15. The third kappa shape index (κ3) is 4.54. The Balaban J connectivity index is 2.65. The zero-order valence-electron chi connectivity index (χ0n) is 10.4. The fraction of sp³-hybridized carbons (Fsp3) is 0.571. The molecule has 1 aromatic carbocycles. The second-order valence-electron chi connectivity index (χ2n) is 4.19. The van der Waals surface area contributed by atoms with Gasteiger partial charge in [-0.1, -0.05) is 37.9 Å². The topological polar surface area (TPSA) is 12.0 Å². The summed E-state index contributed by atoms with van der Waals surface area (Å²) in [6.07, 6.45) is 4.83. The highest BCUT2D eigenvalue weighted by Crippen LogP contribution is 2.18. The number of aryl methyl sites for hydroxylation is 1. The van der Waals surface area contributed by atoms with Gasteiger partial charge < -0.3 is 5.32 Å². The van der Waals surface area contributed by atoms with Gasteiger partial charge in [0.15, 0.2) is 0 Å². The van der Waals surface area contributed by atoms with Crippen molar-refractivity contribution in [3.05, 3.63) is 34.3 Å². The fourth-order valence-electron chi connectivity index (χ4n) is 1.77. The molecule has 0 bridgehead atoms. The van der Waals surface area contributed by atoms with Crippen molar-refractivity contribution in [1.82, 2.24) is 5.32 Å². The van der Waals surface area contributed by atoms with Crippen LogP contribution in [-0.4, -0.2) is 6.54 Å². The van der Waals surface area contributed by atoms with Gasteiger partial charge in [0.1, 0.15) is 0 Å². The zero-order valence-corrected chi connectivity index (χ0v) is 11.1. The van der Waals surface area contributed by atoms with Crippen molar-refractivity contribution in [3.63, 3.8) is 0 Å². The van der Waals surface area contributed by atoms with Gasteiger partial charge in [-0.15, -0.1) is 0 Å². The molecule has 0 atom stereocenters. The zero-order chi connectivity index (χ0) is 11.8. The lowest BCUT2D eigenvalue weighted by Gasteiger charge is -2.10. The Kier molecular flexibility index (Phi) is 6.51. The summed E-state index contributed by atoms with van der Waals surface area (Å²) in [4.78, 5) is 0. The Labute approximate surface area is 104 Å². The lowest BCUT2D eigenvalue weighted by atomic mass is 10.0. The van der Waals surface area contributed by atoms with E-state index < -0.39 is 0 Å². The average molecular weight is 240 g/mol. The predicted octanol–water partition coefficient (Wildman–Crippen LogP) is 4.18. The Morgan fingerprint density at radius 1 is 1.12 bits per heavy atom. The molecular formula is C14H22ClN. The van der Waals surface area contributed by atoms with Crippen LogP contribution in [0.3, 0.4) is 0 Å². The van der Waals surface area contributed by atoms with Crippen LogP contribution in [-0.2, 0) is 13.0 Å². The highest BCUT2D eigenvalue weighted by molar-refractivity contribution is 6.30. The largest absolute Gasteiger partial charge is 0.313 e. The van der Waals surface area contributed by atoms with Gasteiger partial charge in [-0.05, 0) is 49.1 Å². The Bertz CT molecular complexity index is 310. The van der Waals surface area contributed by atoms with Gasteiger partial charge in [-0.3, -0.25) is 0 Å². The SMILES string of the molecule is CCCCc1ccc(Cl)cc1CNCCC. The quantitative estimate of drug-likeness (QED) is 0.704. The Morgan fingerprint density at radius 3 is 2.62 bits per heavy atom. The van der Waals surface area contributed by atoms with Gasteiger partial charge in [-0.25, -0.2) is 0 Å². The van der Waals surface area contributed by atoms with E-state index in [1.165, 1.54) is 30.4 Å². The fourth-order valence-corrected chi connectivity index (χ4v) is 1.96. The number of rotatable bonds is 7. The summed E-state index contributed by atoms with van der Waals surface area (Å²) in [7, 11) is 0. The summed E-state index contributed by atoms with van der Waals surface area (Å²) in [6, 6.07) is 6.26. The van der Waals surface area contributed by atoms with Crippen molar-refractivity contribution >= 4 is 11.6 Å². The van der Waals surface area contributed by atoms with Crippen molar-refractivity contribution in [2.24, 2.45) is 0 Å². The van der Waals surface area contributed by atoms with Crippen LogP contribution in [0.25, 0.3) is 0 Å². The molecule has 0 saturated carbocycles. The maximum atomic E-state index is 6.04. The van der Waals surface area contributed by atoms with Gasteiger partial charge in [0.25, 0.3) is 0 Å². The van der Waals surface area contributed by atoms with E-state index in [0.717, 1.165) is 24.5 Å². The standard InChI is InChI=1S/C14H22ClN/c1-3-5-6-12-7-8-14(15)10-13(12)11-16-9-4-2/h7-8,10,16H,3-6,9,11H2,1-2H3. The number of nitrogens with one attached hydrogen (secondary N) is 1. The molecule has 0 aliphatic carbocycles. The summed E-state index contributed by atoms with van der Waals surface area (Å²) in [6.45, 7) is 6.42. The molecule has 16 heavy (non-hydrogen) atoms. The molecule has 1 aromatic rings. The van der Waals surface area contributed by atoms with E-state index in [0.29, 0.717) is 0 Å². The Morgan fingerprint density at radius 2 is 1.94 bits per heavy atom. The molecule has 0 unspecified atom stereocenters. The molecule has 0 fully saturated rings. The lowest BCUT2D eigenvalue weighted by molar-refractivity contribution is 0.667. The number of unbranched alkanes of at least 4 members (excludes halogenated alkanes) is 1. The highest BCUT2D eigenvalue weighted by atomic mass is 35.5. The summed E-state index contributed by atoms with van der Waals surface area (Å²) >= 11 is 6.04. The molecule has 1 rings (SSSR count). The van der Waals surface area contributed by atoms with Crippen molar-refractivity contribution in [2.75, 3.05) is 6.54 Å². The number of halogens is 1. The molecule has 1 nitrogen and oxygen atoms in total. The summed E-state index contributed by atoms with van der Waals surface area (Å²) in [5, 5.41) is 4.28. The molecule has 0 aliphatic rings. The smallest absolute Gasteiger partial charge is 0.0409 e. The van der Waals surface area contributed by atoms with Crippen molar-refractivity contribution in [2.45, 2.75) is 46.1 Å². The minimum Gasteiger partial charge on any atom is -0.313 e. The average Bonchev–Trinajstić information content (AvgIpc) is 2.28. The molecule has 0 radical (unpaired) electrons. The van der Waals surface area contributed by atoms with Crippen molar-refractivity contribution in [1.29, 1.82) is 0 Å². The minimum atomic E-state index is 0.841. The number of hydrogen-bond donors (Lipinski definition) is 1. The summed E-state index contributed by atoms with van der Waals surface area (Å²) < 4.78 is 0. The van der Waals surface area contributed by atoms with Crippen molar-refractivity contribution in [3.8, 4) is 0 Å². The van der Waals surface area contributed by atoms with E-state index in [2.05, 4.69) is 31.3 Å². The molecular weight excluding hydrogens is 218 g/mol. The Hall–Kier alpha value is -0.530. The third-order valence-electron chi connectivity index (χ3n) is 2.71. The monoisotopic (exact) mass is 239 g/mol. The molecule has 0 heterocycles. The first-order chi connectivity index (χ1) is 7.77. The normalized spacial score (nSPS) is 10.7. The van der Waals surface area contributed by atoms with Crippen LogP contribution in [0, 0.1) is 0 Å². The van der Waals surface area contributed by atoms with Gasteiger partial charge in [-0.2, -0.15) is 0 Å². The van der Waals surface area contributed by atoms with Gasteiger partial charge in [0, 0.05) is 11.6 Å². The predicted molar refractivity (Wildman–Crippen MR) is 72.1 cm³/mol. The van der Waals surface area contributed by atoms with Crippen LogP contribution in [0.4, 0.5) is 0 Å². The second-order valence-corrected chi connectivity index (χ2v) is 4.63. The maximum Gasteiger partial charge on any atom is 0.0409 e. The maximum absolute atomic E-state index is 6.04. The summed E-state index contributed by atoms with van der Waals surface area (Å²) in [5.41, 5.74) is 2.80. The van der Waals surface area contributed by atoms with Crippen LogP contribution in [0.2, 0.25) is 5.02 Å². The van der Waals surface area contributed by atoms with E-state index in [-0.39, 0.29) is 0 Å². The van der Waals surface area contributed by atoms with E-state index in [4.69, 9.17) is 11.6 Å². The van der Waals surface area contributed by atoms with Crippen LogP contribution in [0.5, 0.6) is 0 Å². The molecule has 0 aromatic heterocycles.